The van der Waals surface area contributed by atoms with Crippen molar-refractivity contribution in [2.24, 2.45) is 11.8 Å². The van der Waals surface area contributed by atoms with E-state index in [0.717, 1.165) is 75.8 Å². The Labute approximate surface area is 286 Å². The number of rotatable bonds is 7. The fraction of sp³-hybridized carbons (Fsp3) is 0.737. The number of fused-ring (bicyclic) bond motifs is 2. The van der Waals surface area contributed by atoms with E-state index in [0.29, 0.717) is 44.0 Å². The number of nitrogens with zero attached hydrogens (tertiary/aromatic N) is 4. The summed E-state index contributed by atoms with van der Waals surface area (Å²) in [5.74, 6) is 1.24. The molecule has 0 radical (unpaired) electrons. The molecule has 0 bridgehead atoms. The second kappa shape index (κ2) is 14.4. The van der Waals surface area contributed by atoms with Gasteiger partial charge in [-0.25, -0.2) is 4.39 Å². The SMILES string of the molecule is C=CC(=O)N1CCN(C2(C3CCCCCC3)NC(OCC3CCCN3C)NC3C[C@@]4(CCc5cc(F)ccc5O4)CCC32)CC1CC#N. The van der Waals surface area contributed by atoms with Crippen LogP contribution in [-0.2, 0) is 16.0 Å². The summed E-state index contributed by atoms with van der Waals surface area (Å²) in [7, 11) is 2.20. The maximum absolute atomic E-state index is 14.1. The van der Waals surface area contributed by atoms with Crippen molar-refractivity contribution in [1.82, 2.24) is 25.3 Å². The van der Waals surface area contributed by atoms with Gasteiger partial charge in [0.05, 0.1) is 30.8 Å². The van der Waals surface area contributed by atoms with Crippen LogP contribution in [0.15, 0.2) is 30.9 Å². The molecule has 4 aliphatic heterocycles. The number of likely N-dealkylation sites (N-methyl/N-ethyl adjacent to an activating group) is 1. The van der Waals surface area contributed by atoms with Gasteiger partial charge in [-0.05, 0) is 101 Å². The summed E-state index contributed by atoms with van der Waals surface area (Å²) < 4.78 is 27.8. The lowest BCUT2D eigenvalue weighted by molar-refractivity contribution is -0.191. The Hall–Kier alpha value is -2.55. The maximum atomic E-state index is 14.1. The minimum atomic E-state index is -0.346. The molecule has 2 N–H and O–H groups in total. The zero-order valence-corrected chi connectivity index (χ0v) is 28.8. The number of hydrogen-bond acceptors (Lipinski definition) is 8. The number of nitriles is 1. The number of ether oxygens (including phenoxy) is 2. The van der Waals surface area contributed by atoms with Gasteiger partial charge in [0.15, 0.2) is 6.35 Å². The fourth-order valence-corrected chi connectivity index (χ4v) is 10.4. The summed E-state index contributed by atoms with van der Waals surface area (Å²) in [5.41, 5.74) is 0.312. The molecule has 2 aliphatic carbocycles. The first-order chi connectivity index (χ1) is 23.3. The number of likely N-dealkylation sites (tertiary alicyclic amines) is 1. The Kier molecular flexibility index (Phi) is 10.1. The van der Waals surface area contributed by atoms with Crippen LogP contribution in [0.25, 0.3) is 0 Å². The highest BCUT2D eigenvalue weighted by Crippen LogP contribution is 2.52. The van der Waals surface area contributed by atoms with Crippen molar-refractivity contribution in [3.63, 3.8) is 0 Å². The van der Waals surface area contributed by atoms with Crippen LogP contribution in [0.3, 0.4) is 0 Å². The van der Waals surface area contributed by atoms with Gasteiger partial charge >= 0.3 is 0 Å². The summed E-state index contributed by atoms with van der Waals surface area (Å²) in [6.07, 6.45) is 15.5. The number of piperazine rings is 1. The van der Waals surface area contributed by atoms with E-state index in [4.69, 9.17) is 9.47 Å². The Morgan fingerprint density at radius 2 is 1.96 bits per heavy atom. The van der Waals surface area contributed by atoms with Crippen LogP contribution < -0.4 is 15.4 Å². The molecule has 9 nitrogen and oxygen atoms in total. The highest BCUT2D eigenvalue weighted by molar-refractivity contribution is 5.87. The van der Waals surface area contributed by atoms with E-state index in [9.17, 15) is 14.4 Å². The number of carbonyl (C=O) groups excluding carboxylic acids is 1. The van der Waals surface area contributed by atoms with Gasteiger partial charge in [-0.3, -0.25) is 20.3 Å². The van der Waals surface area contributed by atoms with Crippen molar-refractivity contribution in [3.8, 4) is 11.8 Å². The molecular formula is C38H55FN6O3. The van der Waals surface area contributed by atoms with Crippen molar-refractivity contribution in [1.29, 1.82) is 5.26 Å². The van der Waals surface area contributed by atoms with Gasteiger partial charge in [-0.1, -0.05) is 32.3 Å². The summed E-state index contributed by atoms with van der Waals surface area (Å²) in [6, 6.07) is 7.71. The molecule has 48 heavy (non-hydrogen) atoms. The standard InChI is InChI=1S/C38H55FN6O3/c1-3-35(46)45-22-21-44(25-30(45)16-19-40)38(28-9-6-4-5-7-10-28)32-15-18-37(17-14-27-23-29(39)12-13-34(27)48-37)24-33(32)41-36(42-38)47-26-31-11-8-20-43(31)2/h3,12-13,23,28,30-33,36,41-42H,1,4-11,14-18,20-22,24-26H2,2H3/t30?,31?,32?,33?,36?,37-,38?/m1/s1. The van der Waals surface area contributed by atoms with E-state index in [1.807, 2.05) is 11.0 Å². The molecule has 1 aromatic carbocycles. The molecule has 6 aliphatic rings. The lowest BCUT2D eigenvalue weighted by Gasteiger charge is -2.64. The van der Waals surface area contributed by atoms with Crippen molar-refractivity contribution >= 4 is 5.91 Å². The molecule has 2 saturated carbocycles. The van der Waals surface area contributed by atoms with Gasteiger partial charge in [0.2, 0.25) is 5.91 Å². The van der Waals surface area contributed by atoms with Gasteiger partial charge in [-0.15, -0.1) is 0 Å². The number of hydrogen-bond donors (Lipinski definition) is 2. The topological polar surface area (TPSA) is 93.1 Å². The average molecular weight is 663 g/mol. The molecule has 0 aromatic heterocycles. The van der Waals surface area contributed by atoms with Gasteiger partial charge in [-0.2, -0.15) is 5.26 Å². The minimum absolute atomic E-state index is 0.0920. The maximum Gasteiger partial charge on any atom is 0.246 e. The number of nitrogens with one attached hydrogen (secondary N) is 2. The number of aryl methyl sites for hydroxylation is 1. The van der Waals surface area contributed by atoms with Gasteiger partial charge < -0.3 is 19.3 Å². The van der Waals surface area contributed by atoms with Crippen molar-refractivity contribution in [3.05, 3.63) is 42.2 Å². The Balaban J connectivity index is 1.23. The molecule has 1 amide bonds. The summed E-state index contributed by atoms with van der Waals surface area (Å²) in [5, 5.41) is 18.0. The quantitative estimate of drug-likeness (QED) is 0.314. The van der Waals surface area contributed by atoms with E-state index < -0.39 is 0 Å². The summed E-state index contributed by atoms with van der Waals surface area (Å²) in [6.45, 7) is 7.51. The third kappa shape index (κ3) is 6.54. The molecule has 262 valence electrons. The van der Waals surface area contributed by atoms with Crippen molar-refractivity contribution < 1.29 is 18.7 Å². The Bertz CT molecular complexity index is 1360. The van der Waals surface area contributed by atoms with Crippen LogP contribution in [0.4, 0.5) is 4.39 Å². The minimum Gasteiger partial charge on any atom is -0.487 e. The third-order valence-corrected chi connectivity index (χ3v) is 12.9. The summed E-state index contributed by atoms with van der Waals surface area (Å²) >= 11 is 0. The number of halogens is 1. The molecule has 7 atom stereocenters. The van der Waals surface area contributed by atoms with E-state index in [-0.39, 0.29) is 41.4 Å². The fourth-order valence-electron chi connectivity index (χ4n) is 10.4. The Morgan fingerprint density at radius 3 is 2.71 bits per heavy atom. The van der Waals surface area contributed by atoms with Gasteiger partial charge in [0.1, 0.15) is 17.2 Å². The van der Waals surface area contributed by atoms with Gasteiger partial charge in [0.25, 0.3) is 0 Å². The Morgan fingerprint density at radius 1 is 1.12 bits per heavy atom. The van der Waals surface area contributed by atoms with E-state index in [2.05, 4.69) is 40.1 Å². The first-order valence-electron chi connectivity index (χ1n) is 18.7. The first-order valence-corrected chi connectivity index (χ1v) is 18.7. The monoisotopic (exact) mass is 662 g/mol. The van der Waals surface area contributed by atoms with Gasteiger partial charge in [0, 0.05) is 44.1 Å². The molecule has 4 heterocycles. The smallest absolute Gasteiger partial charge is 0.246 e. The molecule has 1 aromatic rings. The predicted octanol–water partition coefficient (Wildman–Crippen LogP) is 4.92. The highest BCUT2D eigenvalue weighted by Gasteiger charge is 2.60. The molecule has 10 heteroatoms. The molecule has 1 spiro atoms. The normalized spacial score (nSPS) is 36.4. The van der Waals surface area contributed by atoms with Crippen LogP contribution in [0.2, 0.25) is 0 Å². The second-order valence-corrected chi connectivity index (χ2v) is 15.5. The predicted molar refractivity (Wildman–Crippen MR) is 182 cm³/mol. The zero-order chi connectivity index (χ0) is 33.3. The van der Waals surface area contributed by atoms with Crippen molar-refractivity contribution in [2.45, 2.75) is 126 Å². The zero-order valence-electron chi connectivity index (χ0n) is 28.8. The lowest BCUT2D eigenvalue weighted by Crippen LogP contribution is -2.82. The van der Waals surface area contributed by atoms with E-state index in [1.165, 1.54) is 44.2 Å². The largest absolute Gasteiger partial charge is 0.487 e. The summed E-state index contributed by atoms with van der Waals surface area (Å²) in [4.78, 5) is 19.9. The molecular weight excluding hydrogens is 607 g/mol. The lowest BCUT2D eigenvalue weighted by atomic mass is 9.62. The van der Waals surface area contributed by atoms with Crippen LogP contribution in [-0.4, -0.2) is 96.2 Å². The van der Waals surface area contributed by atoms with Crippen LogP contribution in [0, 0.1) is 29.0 Å². The molecule has 7 rings (SSSR count). The van der Waals surface area contributed by atoms with E-state index in [1.54, 1.807) is 6.07 Å². The molecule has 3 saturated heterocycles. The van der Waals surface area contributed by atoms with Crippen LogP contribution in [0.1, 0.15) is 89.0 Å². The van der Waals surface area contributed by atoms with Crippen molar-refractivity contribution in [2.75, 3.05) is 39.8 Å². The number of benzene rings is 1. The number of amides is 1. The second-order valence-electron chi connectivity index (χ2n) is 15.5. The first kappa shape index (κ1) is 33.9. The third-order valence-electron chi connectivity index (χ3n) is 12.9. The number of carbonyl (C=O) groups is 1. The molecule has 6 unspecified atom stereocenters. The van der Waals surface area contributed by atoms with Crippen LogP contribution >= 0.6 is 0 Å². The van der Waals surface area contributed by atoms with E-state index >= 15 is 0 Å². The molecule has 5 fully saturated rings. The highest BCUT2D eigenvalue weighted by atomic mass is 19.1. The van der Waals surface area contributed by atoms with Crippen LogP contribution in [0.5, 0.6) is 5.75 Å². The average Bonchev–Trinajstić information content (AvgIpc) is 3.31.